The Bertz CT molecular complexity index is 1540. The van der Waals surface area contributed by atoms with Crippen molar-refractivity contribution in [2.24, 2.45) is 11.7 Å². The minimum absolute atomic E-state index is 0.0627. The van der Waals surface area contributed by atoms with Gasteiger partial charge in [-0.1, -0.05) is 37.3 Å². The van der Waals surface area contributed by atoms with Crippen molar-refractivity contribution in [3.63, 3.8) is 0 Å². The minimum atomic E-state index is -3.66. The average Bonchev–Trinajstić information content (AvgIpc) is 3.93. The molecule has 250 valence electrons. The molecule has 1 aromatic carbocycles. The van der Waals surface area contributed by atoms with Crippen molar-refractivity contribution in [3.8, 4) is 0 Å². The summed E-state index contributed by atoms with van der Waals surface area (Å²) in [6.45, 7) is 3.33. The molecule has 1 saturated heterocycles. The van der Waals surface area contributed by atoms with Gasteiger partial charge in [-0.05, 0) is 76.1 Å². The maximum Gasteiger partial charge on any atom is 0.251 e. The van der Waals surface area contributed by atoms with Crippen molar-refractivity contribution in [1.29, 1.82) is 0 Å². The summed E-state index contributed by atoms with van der Waals surface area (Å²) in [5, 5.41) is 21.6. The molecule has 0 radical (unpaired) electrons. The fraction of sp³-hybridized carbons (Fsp3) is 0.656. The van der Waals surface area contributed by atoms with Gasteiger partial charge in [0.1, 0.15) is 17.7 Å². The molecule has 14 heteroatoms. The molecule has 0 bridgehead atoms. The molecular weight excluding hydrogens is 610 g/mol. The normalized spacial score (nSPS) is 23.4. The molecule has 46 heavy (non-hydrogen) atoms. The molecule has 3 amide bonds. The molecule has 4 aliphatic rings. The highest BCUT2D eigenvalue weighted by molar-refractivity contribution is 7.89. The van der Waals surface area contributed by atoms with Gasteiger partial charge < -0.3 is 21.1 Å². The van der Waals surface area contributed by atoms with E-state index in [4.69, 9.17) is 5.73 Å². The number of nitrogens with one attached hydrogen (secondary N) is 1. The van der Waals surface area contributed by atoms with E-state index in [0.717, 1.165) is 57.8 Å². The van der Waals surface area contributed by atoms with Crippen LogP contribution in [0.2, 0.25) is 0 Å². The van der Waals surface area contributed by atoms with Crippen LogP contribution in [0.3, 0.4) is 0 Å². The Kier molecular flexibility index (Phi) is 8.98. The van der Waals surface area contributed by atoms with Crippen LogP contribution in [0.25, 0.3) is 0 Å². The molecule has 3 aliphatic carbocycles. The van der Waals surface area contributed by atoms with Crippen molar-refractivity contribution >= 4 is 27.7 Å². The van der Waals surface area contributed by atoms with E-state index >= 15 is 0 Å². The number of nitrogens with zero attached hydrogens (tertiary/aromatic N) is 5. The third-order valence-electron chi connectivity index (χ3n) is 9.84. The highest BCUT2D eigenvalue weighted by Gasteiger charge is 2.47. The van der Waals surface area contributed by atoms with Crippen LogP contribution < -0.4 is 11.1 Å². The monoisotopic (exact) mass is 655 g/mol. The lowest BCUT2D eigenvalue weighted by molar-refractivity contribution is -0.139. The summed E-state index contributed by atoms with van der Waals surface area (Å²) >= 11 is 0. The number of hydrogen-bond acceptors (Lipinski definition) is 8. The molecule has 1 aromatic heterocycles. The lowest BCUT2D eigenvalue weighted by atomic mass is 9.84. The number of hydrogen-bond donors (Lipinski definition) is 3. The van der Waals surface area contributed by atoms with Crippen LogP contribution in [0.1, 0.15) is 107 Å². The first-order valence-corrected chi connectivity index (χ1v) is 18.0. The van der Waals surface area contributed by atoms with Gasteiger partial charge in [-0.3, -0.25) is 14.4 Å². The van der Waals surface area contributed by atoms with Crippen LogP contribution in [-0.4, -0.2) is 86.2 Å². The molecule has 13 nitrogen and oxygen atoms in total. The van der Waals surface area contributed by atoms with Crippen molar-refractivity contribution in [1.82, 2.24) is 29.5 Å². The van der Waals surface area contributed by atoms with Gasteiger partial charge in [0.2, 0.25) is 21.8 Å². The maximum atomic E-state index is 14.2. The lowest BCUT2D eigenvalue weighted by Crippen LogP contribution is -2.53. The number of aliphatic hydroxyl groups is 1. The molecule has 2 heterocycles. The molecule has 3 saturated carbocycles. The predicted molar refractivity (Wildman–Crippen MR) is 168 cm³/mol. The zero-order valence-corrected chi connectivity index (χ0v) is 27.4. The van der Waals surface area contributed by atoms with Gasteiger partial charge in [-0.15, -0.1) is 5.10 Å². The molecular formula is C32H45N7O6S. The standard InChI is InChI=1S/C32H45N7O6S/c1-32(2,43)28-18-34-36-38(28)24-17-27(29(33)40)37(19-24)31(42)26(16-20-6-4-3-5-7-20)35-30(41)21-8-14-25(15-9-21)46(44,45)39(22-10-11-22)23-12-13-23/h8-9,14-15,18,20,22-24,26-27,43H,3-7,10-13,16-17,19H2,1-2H3,(H2,33,40)(H,35,41)/t24-,26+,27-/m0/s1. The number of carbonyl (C=O) groups excluding carboxylic acids is 3. The highest BCUT2D eigenvalue weighted by Crippen LogP contribution is 2.41. The quantitative estimate of drug-likeness (QED) is 0.311. The van der Waals surface area contributed by atoms with Gasteiger partial charge in [0.05, 0.1) is 22.8 Å². The van der Waals surface area contributed by atoms with Crippen LogP contribution in [0, 0.1) is 5.92 Å². The Labute approximate surface area is 269 Å². The number of sulfonamides is 1. The molecule has 0 spiro atoms. The molecule has 4 N–H and O–H groups in total. The number of rotatable bonds is 12. The second kappa shape index (κ2) is 12.7. The Balaban J connectivity index is 1.21. The van der Waals surface area contributed by atoms with Crippen LogP contribution in [0.5, 0.6) is 0 Å². The zero-order chi connectivity index (χ0) is 32.8. The Morgan fingerprint density at radius 3 is 2.24 bits per heavy atom. The van der Waals surface area contributed by atoms with Crippen molar-refractivity contribution in [2.45, 2.75) is 125 Å². The van der Waals surface area contributed by atoms with E-state index in [-0.39, 0.29) is 41.4 Å². The van der Waals surface area contributed by atoms with E-state index in [9.17, 15) is 27.9 Å². The number of benzene rings is 1. The summed E-state index contributed by atoms with van der Waals surface area (Å²) in [7, 11) is -3.66. The molecule has 3 atom stereocenters. The summed E-state index contributed by atoms with van der Waals surface area (Å²) in [5.74, 6) is -1.33. The first-order chi connectivity index (χ1) is 21.8. The number of nitrogens with two attached hydrogens (primary N) is 1. The molecule has 4 fully saturated rings. The molecule has 2 aromatic rings. The van der Waals surface area contributed by atoms with Crippen molar-refractivity contribution in [3.05, 3.63) is 41.7 Å². The minimum Gasteiger partial charge on any atom is -0.384 e. The van der Waals surface area contributed by atoms with Crippen molar-refractivity contribution in [2.75, 3.05) is 6.54 Å². The van der Waals surface area contributed by atoms with Gasteiger partial charge in [-0.25, -0.2) is 13.1 Å². The first-order valence-electron chi connectivity index (χ1n) is 16.5. The fourth-order valence-electron chi connectivity index (χ4n) is 7.12. The topological polar surface area (TPSA) is 181 Å². The third-order valence-corrected chi connectivity index (χ3v) is 11.9. The summed E-state index contributed by atoms with van der Waals surface area (Å²) in [4.78, 5) is 42.0. The number of carbonyl (C=O) groups is 3. The smallest absolute Gasteiger partial charge is 0.251 e. The van der Waals surface area contributed by atoms with Gasteiger partial charge in [0, 0.05) is 30.6 Å². The number of aromatic nitrogens is 3. The van der Waals surface area contributed by atoms with E-state index in [1.54, 1.807) is 22.8 Å². The van der Waals surface area contributed by atoms with E-state index in [2.05, 4.69) is 15.6 Å². The summed E-state index contributed by atoms with van der Waals surface area (Å²) in [6.07, 6.45) is 10.7. The highest BCUT2D eigenvalue weighted by atomic mass is 32.2. The SMILES string of the molecule is CC(C)(O)c1cnnn1[C@H]1C[C@@H](C(N)=O)N(C(=O)[C@@H](CC2CCCCC2)NC(=O)c2ccc(S(=O)(=O)N(C3CC3)C3CC3)cc2)C1. The van der Waals surface area contributed by atoms with Gasteiger partial charge in [0.25, 0.3) is 5.91 Å². The largest absolute Gasteiger partial charge is 0.384 e. The maximum absolute atomic E-state index is 14.2. The number of primary amides is 1. The zero-order valence-electron chi connectivity index (χ0n) is 26.5. The average molecular weight is 656 g/mol. The van der Waals surface area contributed by atoms with E-state index < -0.39 is 51.5 Å². The van der Waals surface area contributed by atoms with Crippen LogP contribution >= 0.6 is 0 Å². The van der Waals surface area contributed by atoms with Gasteiger partial charge >= 0.3 is 0 Å². The van der Waals surface area contributed by atoms with Gasteiger partial charge in [-0.2, -0.15) is 4.31 Å². The van der Waals surface area contributed by atoms with Crippen molar-refractivity contribution < 1.29 is 27.9 Å². The molecule has 0 unspecified atom stereocenters. The number of likely N-dealkylation sites (tertiary alicyclic amines) is 1. The molecule has 6 rings (SSSR count). The van der Waals surface area contributed by atoms with Crippen LogP contribution in [-0.2, 0) is 25.2 Å². The number of amides is 3. The molecule has 1 aliphatic heterocycles. The summed E-state index contributed by atoms with van der Waals surface area (Å²) in [6, 6.07) is 3.75. The Morgan fingerprint density at radius 1 is 1.04 bits per heavy atom. The van der Waals surface area contributed by atoms with E-state index in [1.165, 1.54) is 35.4 Å². The summed E-state index contributed by atoms with van der Waals surface area (Å²) < 4.78 is 30.0. The third kappa shape index (κ3) is 6.84. The van der Waals surface area contributed by atoms with Crippen LogP contribution in [0.4, 0.5) is 0 Å². The fourth-order valence-corrected chi connectivity index (χ4v) is 9.05. The lowest BCUT2D eigenvalue weighted by Gasteiger charge is -2.31. The van der Waals surface area contributed by atoms with E-state index in [1.807, 2.05) is 0 Å². The van der Waals surface area contributed by atoms with Crippen LogP contribution in [0.15, 0.2) is 35.4 Å². The Morgan fingerprint density at radius 2 is 1.67 bits per heavy atom. The van der Waals surface area contributed by atoms with E-state index in [0.29, 0.717) is 12.1 Å². The second-order valence-electron chi connectivity index (χ2n) is 14.0. The first kappa shape index (κ1) is 32.6. The van der Waals surface area contributed by atoms with Gasteiger partial charge in [0.15, 0.2) is 0 Å². The second-order valence-corrected chi connectivity index (χ2v) is 15.9. The Hall–Kier alpha value is -3.36. The summed E-state index contributed by atoms with van der Waals surface area (Å²) in [5.41, 5.74) is 5.24. The predicted octanol–water partition coefficient (Wildman–Crippen LogP) is 2.22.